The Hall–Kier alpha value is -1.35. The molecule has 3 heteroatoms. The first-order valence-corrected chi connectivity index (χ1v) is 4.55. The standard InChI is InChI=1S/C11H12O2.H3N/c12-11(13)10-6-5-8-3-1-2-4-9(8)7-10;/h1-4,10H,5-7H2,(H,12,13);1H3. The van der Waals surface area contributed by atoms with Crippen molar-refractivity contribution in [2.75, 3.05) is 0 Å². The van der Waals surface area contributed by atoms with Gasteiger partial charge in [0.15, 0.2) is 0 Å². The summed E-state index contributed by atoms with van der Waals surface area (Å²) >= 11 is 0. The second-order valence-corrected chi connectivity index (χ2v) is 3.53. The van der Waals surface area contributed by atoms with Crippen LogP contribution in [0.15, 0.2) is 24.3 Å². The van der Waals surface area contributed by atoms with Gasteiger partial charge >= 0.3 is 0 Å². The zero-order valence-corrected chi connectivity index (χ0v) is 8.32. The summed E-state index contributed by atoms with van der Waals surface area (Å²) in [6.45, 7) is 0. The molecule has 0 aliphatic heterocycles. The third-order valence-corrected chi connectivity index (χ3v) is 2.68. The molecule has 2 rings (SSSR count). The predicted molar refractivity (Wildman–Crippen MR) is 52.9 cm³/mol. The van der Waals surface area contributed by atoms with Crippen LogP contribution in [0.25, 0.3) is 0 Å². The Bertz CT molecular complexity index is 336. The van der Waals surface area contributed by atoms with Gasteiger partial charge in [0.05, 0.1) is 0 Å². The monoisotopic (exact) mass is 193 g/mol. The molecule has 1 aromatic carbocycles. The smallest absolute Gasteiger partial charge is 0.0448 e. The molecule has 0 amide bonds. The van der Waals surface area contributed by atoms with Crippen molar-refractivity contribution in [1.29, 1.82) is 0 Å². The molecule has 0 bridgehead atoms. The van der Waals surface area contributed by atoms with Crippen molar-refractivity contribution in [3.05, 3.63) is 35.4 Å². The normalized spacial score (nSPS) is 19.3. The molecule has 14 heavy (non-hydrogen) atoms. The van der Waals surface area contributed by atoms with Crippen LogP contribution in [-0.2, 0) is 17.6 Å². The molecule has 0 radical (unpaired) electrons. The summed E-state index contributed by atoms with van der Waals surface area (Å²) in [6, 6.07) is 8.03. The van der Waals surface area contributed by atoms with E-state index in [4.69, 9.17) is 0 Å². The lowest BCUT2D eigenvalue weighted by atomic mass is 9.84. The minimum absolute atomic E-state index is 0. The third-order valence-electron chi connectivity index (χ3n) is 2.68. The Morgan fingerprint density at radius 3 is 2.57 bits per heavy atom. The number of benzene rings is 1. The molecule has 0 saturated carbocycles. The van der Waals surface area contributed by atoms with E-state index in [1.54, 1.807) is 0 Å². The molecule has 1 aliphatic rings. The molecule has 0 heterocycles. The van der Waals surface area contributed by atoms with Gasteiger partial charge in [0, 0.05) is 11.9 Å². The number of quaternary nitrogens is 1. The number of aliphatic carboxylic acids is 1. The van der Waals surface area contributed by atoms with Gasteiger partial charge in [0.2, 0.25) is 0 Å². The van der Waals surface area contributed by atoms with Gasteiger partial charge < -0.3 is 16.1 Å². The van der Waals surface area contributed by atoms with E-state index < -0.39 is 5.97 Å². The second kappa shape index (κ2) is 4.24. The molecule has 0 fully saturated rings. The highest BCUT2D eigenvalue weighted by Crippen LogP contribution is 2.24. The fourth-order valence-corrected chi connectivity index (χ4v) is 1.90. The summed E-state index contributed by atoms with van der Waals surface area (Å²) in [5.74, 6) is -1.19. The van der Waals surface area contributed by atoms with E-state index in [-0.39, 0.29) is 12.1 Å². The van der Waals surface area contributed by atoms with Crippen molar-refractivity contribution in [3.63, 3.8) is 0 Å². The van der Waals surface area contributed by atoms with E-state index in [0.717, 1.165) is 12.8 Å². The molecular weight excluding hydrogens is 178 g/mol. The summed E-state index contributed by atoms with van der Waals surface area (Å²) in [4.78, 5) is 10.7. The molecule has 76 valence electrons. The highest BCUT2D eigenvalue weighted by Gasteiger charge is 2.18. The molecule has 0 saturated heterocycles. The lowest BCUT2D eigenvalue weighted by Crippen LogP contribution is -2.34. The first-order valence-electron chi connectivity index (χ1n) is 4.55. The number of fused-ring (bicyclic) bond motifs is 1. The van der Waals surface area contributed by atoms with Crippen LogP contribution in [0.4, 0.5) is 0 Å². The quantitative estimate of drug-likeness (QED) is 0.719. The van der Waals surface area contributed by atoms with Crippen LogP contribution in [0.5, 0.6) is 0 Å². The SMILES string of the molecule is O=C([O-])C1CCc2ccccc2C1.[NH4+]. The number of carbonyl (C=O) groups is 1. The topological polar surface area (TPSA) is 76.6 Å². The van der Waals surface area contributed by atoms with Crippen LogP contribution < -0.4 is 11.3 Å². The van der Waals surface area contributed by atoms with Gasteiger partial charge in [-0.15, -0.1) is 0 Å². The van der Waals surface area contributed by atoms with Gasteiger partial charge in [-0.2, -0.15) is 0 Å². The van der Waals surface area contributed by atoms with E-state index in [1.165, 1.54) is 11.1 Å². The predicted octanol–water partition coefficient (Wildman–Crippen LogP) is 0.918. The number of hydrogen-bond acceptors (Lipinski definition) is 2. The van der Waals surface area contributed by atoms with E-state index in [0.29, 0.717) is 6.42 Å². The summed E-state index contributed by atoms with van der Waals surface area (Å²) in [5.41, 5.74) is 2.46. The maximum atomic E-state index is 10.7. The molecular formula is C11H15NO2. The summed E-state index contributed by atoms with van der Waals surface area (Å²) in [5, 5.41) is 10.7. The summed E-state index contributed by atoms with van der Waals surface area (Å²) < 4.78 is 0. The molecule has 4 N–H and O–H groups in total. The van der Waals surface area contributed by atoms with Gasteiger partial charge in [0.25, 0.3) is 0 Å². The number of rotatable bonds is 1. The van der Waals surface area contributed by atoms with E-state index in [2.05, 4.69) is 6.07 Å². The molecule has 1 aromatic rings. The van der Waals surface area contributed by atoms with E-state index in [9.17, 15) is 9.90 Å². The maximum absolute atomic E-state index is 10.7. The van der Waals surface area contributed by atoms with Crippen molar-refractivity contribution in [2.24, 2.45) is 5.92 Å². The Morgan fingerprint density at radius 1 is 1.29 bits per heavy atom. The molecule has 0 spiro atoms. The number of carboxylic acid groups (broad SMARTS) is 1. The van der Waals surface area contributed by atoms with Crippen LogP contribution in [-0.4, -0.2) is 5.97 Å². The highest BCUT2D eigenvalue weighted by atomic mass is 16.4. The lowest BCUT2D eigenvalue weighted by Gasteiger charge is -2.24. The van der Waals surface area contributed by atoms with Gasteiger partial charge in [-0.3, -0.25) is 0 Å². The minimum atomic E-state index is -0.908. The second-order valence-electron chi connectivity index (χ2n) is 3.53. The highest BCUT2D eigenvalue weighted by molar-refractivity contribution is 5.68. The number of carbonyl (C=O) groups excluding carboxylic acids is 1. The molecule has 1 aliphatic carbocycles. The number of carboxylic acids is 1. The van der Waals surface area contributed by atoms with Crippen LogP contribution in [0.1, 0.15) is 17.5 Å². The molecule has 3 nitrogen and oxygen atoms in total. The molecule has 1 atom stereocenters. The van der Waals surface area contributed by atoms with Gasteiger partial charge in [-0.05, 0) is 30.4 Å². The van der Waals surface area contributed by atoms with Gasteiger partial charge in [0.1, 0.15) is 0 Å². The summed E-state index contributed by atoms with van der Waals surface area (Å²) in [6.07, 6.45) is 2.23. The zero-order chi connectivity index (χ0) is 9.26. The van der Waals surface area contributed by atoms with E-state index >= 15 is 0 Å². The average molecular weight is 193 g/mol. The Kier molecular flexibility index (Phi) is 3.25. The first-order chi connectivity index (χ1) is 6.27. The van der Waals surface area contributed by atoms with Crippen LogP contribution in [0.2, 0.25) is 0 Å². The Labute approximate surface area is 83.3 Å². The van der Waals surface area contributed by atoms with Crippen LogP contribution >= 0.6 is 0 Å². The van der Waals surface area contributed by atoms with Crippen molar-refractivity contribution < 1.29 is 9.90 Å². The largest absolute Gasteiger partial charge is 0.550 e. The van der Waals surface area contributed by atoms with Crippen molar-refractivity contribution >= 4 is 5.97 Å². The average Bonchev–Trinajstić information content (AvgIpc) is 2.17. The Balaban J connectivity index is 0.000000980. The molecule has 1 unspecified atom stereocenters. The van der Waals surface area contributed by atoms with Crippen molar-refractivity contribution in [2.45, 2.75) is 19.3 Å². The van der Waals surface area contributed by atoms with Crippen molar-refractivity contribution in [1.82, 2.24) is 6.15 Å². The Morgan fingerprint density at radius 2 is 1.93 bits per heavy atom. The first kappa shape index (κ1) is 10.7. The summed E-state index contributed by atoms with van der Waals surface area (Å²) in [7, 11) is 0. The lowest BCUT2D eigenvalue weighted by molar-refractivity contribution is -0.311. The number of hydrogen-bond donors (Lipinski definition) is 1. The van der Waals surface area contributed by atoms with E-state index in [1.807, 2.05) is 18.2 Å². The number of aryl methyl sites for hydroxylation is 1. The van der Waals surface area contributed by atoms with Crippen LogP contribution in [0.3, 0.4) is 0 Å². The molecule has 0 aromatic heterocycles. The van der Waals surface area contributed by atoms with Gasteiger partial charge in [-0.25, -0.2) is 0 Å². The maximum Gasteiger partial charge on any atom is 0.0448 e. The zero-order valence-electron chi connectivity index (χ0n) is 8.32. The fraction of sp³-hybridized carbons (Fsp3) is 0.364. The van der Waals surface area contributed by atoms with Crippen LogP contribution in [0, 0.1) is 5.92 Å². The van der Waals surface area contributed by atoms with Crippen molar-refractivity contribution in [3.8, 4) is 0 Å². The minimum Gasteiger partial charge on any atom is -0.550 e. The fourth-order valence-electron chi connectivity index (χ4n) is 1.90. The van der Waals surface area contributed by atoms with Gasteiger partial charge in [-0.1, -0.05) is 24.3 Å². The third kappa shape index (κ3) is 1.93.